The van der Waals surface area contributed by atoms with E-state index in [2.05, 4.69) is 10.2 Å². The molecule has 0 aliphatic rings. The van der Waals surface area contributed by atoms with Gasteiger partial charge in [-0.3, -0.25) is 0 Å². The molecule has 0 aliphatic heterocycles. The van der Waals surface area contributed by atoms with Crippen molar-refractivity contribution in [2.24, 2.45) is 0 Å². The molecule has 0 aliphatic carbocycles. The van der Waals surface area contributed by atoms with Crippen molar-refractivity contribution in [3.05, 3.63) is 0 Å². The van der Waals surface area contributed by atoms with E-state index in [0.29, 0.717) is 38.7 Å². The molecule has 0 spiro atoms. The van der Waals surface area contributed by atoms with E-state index < -0.39 is 5.41 Å². The summed E-state index contributed by atoms with van der Waals surface area (Å²) in [5, 5.41) is 0. The lowest BCUT2D eigenvalue weighted by atomic mass is 10.3. The molecule has 0 saturated carbocycles. The number of hydrogen-bond acceptors (Lipinski definition) is 4. The molecule has 0 aromatic rings. The van der Waals surface area contributed by atoms with Gasteiger partial charge in [-0.05, 0) is 12.8 Å². The minimum absolute atomic E-state index is 0.468. The molecule has 0 atom stereocenters. The minimum atomic E-state index is -0.786. The van der Waals surface area contributed by atoms with Gasteiger partial charge in [0, 0.05) is 20.1 Å². The molecule has 0 heterocycles. The summed E-state index contributed by atoms with van der Waals surface area (Å²) in [5.74, 6) is 0.577. The van der Waals surface area contributed by atoms with Gasteiger partial charge in [0.15, 0.2) is 0 Å². The lowest BCUT2D eigenvalue weighted by Gasteiger charge is -2.30. The Morgan fingerprint density at radius 2 is 1.50 bits per heavy atom. The second kappa shape index (κ2) is 10.5. The Morgan fingerprint density at radius 3 is 1.88 bits per heavy atom. The van der Waals surface area contributed by atoms with Crippen LogP contribution in [0.2, 0.25) is 0 Å². The number of methoxy groups -OCH3 is 2. The highest BCUT2D eigenvalue weighted by atomic mass is 35.5. The smallest absolute Gasteiger partial charge is 0.144 e. The van der Waals surface area contributed by atoms with E-state index in [4.69, 9.17) is 30.5 Å². The van der Waals surface area contributed by atoms with Gasteiger partial charge >= 0.3 is 0 Å². The van der Waals surface area contributed by atoms with Crippen LogP contribution in [0.5, 0.6) is 0 Å². The van der Waals surface area contributed by atoms with Gasteiger partial charge in [0.2, 0.25) is 0 Å². The van der Waals surface area contributed by atoms with E-state index in [-0.39, 0.29) is 0 Å². The SMILES string of the molecule is COCCOC([Si])(CCCCl)OCCOC. The molecular formula is C10H20ClO4Si. The molecular weight excluding hydrogens is 248 g/mol. The number of ether oxygens (including phenoxy) is 4. The normalized spacial score (nSPS) is 12.0. The average Bonchev–Trinajstić information content (AvgIpc) is 2.27. The zero-order valence-electron chi connectivity index (χ0n) is 9.96. The summed E-state index contributed by atoms with van der Waals surface area (Å²) in [4.78, 5) is 0. The van der Waals surface area contributed by atoms with Crippen LogP contribution in [0.15, 0.2) is 0 Å². The predicted molar refractivity (Wildman–Crippen MR) is 64.1 cm³/mol. The Hall–Kier alpha value is 0.347. The molecule has 0 aromatic heterocycles. The van der Waals surface area contributed by atoms with Crippen LogP contribution in [0, 0.1) is 0 Å². The fraction of sp³-hybridized carbons (Fsp3) is 1.00. The van der Waals surface area contributed by atoms with E-state index in [0.717, 1.165) is 6.42 Å². The summed E-state index contributed by atoms with van der Waals surface area (Å²) in [5.41, 5.74) is -0.786. The Bertz CT molecular complexity index is 150. The van der Waals surface area contributed by atoms with E-state index >= 15 is 0 Å². The molecule has 0 N–H and O–H groups in total. The molecule has 0 aromatic carbocycles. The van der Waals surface area contributed by atoms with E-state index in [1.165, 1.54) is 0 Å². The van der Waals surface area contributed by atoms with Crippen LogP contribution in [-0.2, 0) is 18.9 Å². The minimum Gasteiger partial charge on any atom is -0.382 e. The van der Waals surface area contributed by atoms with Gasteiger partial charge in [0.05, 0.1) is 26.4 Å². The van der Waals surface area contributed by atoms with E-state index in [1.54, 1.807) is 14.2 Å². The highest BCUT2D eigenvalue weighted by Crippen LogP contribution is 2.16. The molecule has 0 bridgehead atoms. The number of hydrogen-bond donors (Lipinski definition) is 0. The lowest BCUT2D eigenvalue weighted by Crippen LogP contribution is -2.38. The molecule has 4 nitrogen and oxygen atoms in total. The van der Waals surface area contributed by atoms with E-state index in [9.17, 15) is 0 Å². The van der Waals surface area contributed by atoms with Gasteiger partial charge < -0.3 is 18.9 Å². The molecule has 0 unspecified atom stereocenters. The van der Waals surface area contributed by atoms with Gasteiger partial charge in [0.1, 0.15) is 15.7 Å². The van der Waals surface area contributed by atoms with Crippen molar-refractivity contribution < 1.29 is 18.9 Å². The Kier molecular flexibility index (Phi) is 10.7. The predicted octanol–water partition coefficient (Wildman–Crippen LogP) is 1.15. The second-order valence-electron chi connectivity index (χ2n) is 3.23. The zero-order valence-corrected chi connectivity index (χ0v) is 11.7. The molecule has 0 rings (SSSR count). The Labute approximate surface area is 106 Å². The van der Waals surface area contributed by atoms with Crippen LogP contribution in [0.4, 0.5) is 0 Å². The van der Waals surface area contributed by atoms with Crippen molar-refractivity contribution in [3.8, 4) is 0 Å². The third-order valence-electron chi connectivity index (χ3n) is 1.88. The first-order chi connectivity index (χ1) is 7.68. The van der Waals surface area contributed by atoms with Gasteiger partial charge in [0.25, 0.3) is 0 Å². The molecule has 16 heavy (non-hydrogen) atoms. The van der Waals surface area contributed by atoms with Crippen molar-refractivity contribution in [2.75, 3.05) is 46.5 Å². The van der Waals surface area contributed by atoms with Crippen LogP contribution < -0.4 is 0 Å². The summed E-state index contributed by atoms with van der Waals surface area (Å²) in [6.45, 7) is 1.99. The van der Waals surface area contributed by atoms with Gasteiger partial charge in [-0.15, -0.1) is 11.6 Å². The van der Waals surface area contributed by atoms with Gasteiger partial charge in [-0.25, -0.2) is 0 Å². The highest BCUT2D eigenvalue weighted by Gasteiger charge is 2.25. The number of halogens is 1. The zero-order chi connectivity index (χ0) is 12.3. The largest absolute Gasteiger partial charge is 0.382 e. The maximum Gasteiger partial charge on any atom is 0.144 e. The molecule has 0 saturated heterocycles. The topological polar surface area (TPSA) is 36.9 Å². The fourth-order valence-electron chi connectivity index (χ4n) is 1.07. The maximum atomic E-state index is 5.65. The quantitative estimate of drug-likeness (QED) is 0.244. The van der Waals surface area contributed by atoms with Crippen LogP contribution in [0.3, 0.4) is 0 Å². The molecule has 3 radical (unpaired) electrons. The fourth-order valence-corrected chi connectivity index (χ4v) is 1.58. The van der Waals surface area contributed by atoms with E-state index in [1.807, 2.05) is 0 Å². The average molecular weight is 268 g/mol. The lowest BCUT2D eigenvalue weighted by molar-refractivity contribution is -0.192. The second-order valence-corrected chi connectivity index (χ2v) is 4.37. The van der Waals surface area contributed by atoms with Crippen molar-refractivity contribution in [1.82, 2.24) is 0 Å². The first kappa shape index (κ1) is 16.3. The maximum absolute atomic E-state index is 5.65. The van der Waals surface area contributed by atoms with Gasteiger partial charge in [-0.1, -0.05) is 0 Å². The summed E-state index contributed by atoms with van der Waals surface area (Å²) in [6.07, 6.45) is 1.49. The standard InChI is InChI=1S/C10H20ClO4Si/c1-12-6-8-14-10(16,4-3-5-11)15-9-7-13-2/h3-9H2,1-2H3. The van der Waals surface area contributed by atoms with Crippen LogP contribution in [0.1, 0.15) is 12.8 Å². The van der Waals surface area contributed by atoms with Crippen molar-refractivity contribution in [1.29, 1.82) is 0 Å². The Balaban J connectivity index is 3.91. The summed E-state index contributed by atoms with van der Waals surface area (Å²) in [7, 11) is 6.75. The third kappa shape index (κ3) is 8.49. The first-order valence-corrected chi connectivity index (χ1v) is 6.28. The highest BCUT2D eigenvalue weighted by molar-refractivity contribution is 6.18. The molecule has 0 fully saturated rings. The van der Waals surface area contributed by atoms with Gasteiger partial charge in [-0.2, -0.15) is 0 Å². The number of alkyl halides is 1. The third-order valence-corrected chi connectivity index (χ3v) is 2.69. The monoisotopic (exact) mass is 267 g/mol. The molecule has 95 valence electrons. The summed E-state index contributed by atoms with van der Waals surface area (Å²) >= 11 is 5.65. The summed E-state index contributed by atoms with van der Waals surface area (Å²) in [6, 6.07) is 0. The first-order valence-electron chi connectivity index (χ1n) is 5.25. The van der Waals surface area contributed by atoms with Crippen LogP contribution in [-0.4, -0.2) is 62.2 Å². The van der Waals surface area contributed by atoms with Crippen LogP contribution >= 0.6 is 11.6 Å². The molecule has 6 heteroatoms. The van der Waals surface area contributed by atoms with Crippen molar-refractivity contribution >= 4 is 21.8 Å². The van der Waals surface area contributed by atoms with Crippen molar-refractivity contribution in [3.63, 3.8) is 0 Å². The Morgan fingerprint density at radius 1 is 1.00 bits per heavy atom. The molecule has 0 amide bonds. The van der Waals surface area contributed by atoms with Crippen LogP contribution in [0.25, 0.3) is 0 Å². The van der Waals surface area contributed by atoms with Crippen molar-refractivity contribution in [2.45, 2.75) is 18.3 Å². The number of rotatable bonds is 11. The summed E-state index contributed by atoms with van der Waals surface area (Å²) < 4.78 is 21.0.